The third-order valence-electron chi connectivity index (χ3n) is 3.68. The summed E-state index contributed by atoms with van der Waals surface area (Å²) in [6.45, 7) is 0.0182. The van der Waals surface area contributed by atoms with Crippen LogP contribution in [-0.2, 0) is 32.3 Å². The molecule has 0 saturated heterocycles. The van der Waals surface area contributed by atoms with Gasteiger partial charge in [0.1, 0.15) is 19.1 Å². The van der Waals surface area contributed by atoms with Gasteiger partial charge in [-0.15, -0.1) is 0 Å². The number of hydrogen-bond donors (Lipinski definition) is 3. The smallest absolute Gasteiger partial charge is 0.315 e. The molecular formula is C19H22N2O5. The van der Waals surface area contributed by atoms with Crippen molar-refractivity contribution in [2.24, 2.45) is 17.4 Å². The van der Waals surface area contributed by atoms with Gasteiger partial charge in [0, 0.05) is 0 Å². The largest absolute Gasteiger partial charge is 0.461 e. The van der Waals surface area contributed by atoms with Gasteiger partial charge < -0.3 is 14.6 Å². The lowest BCUT2D eigenvalue weighted by molar-refractivity contribution is -0.166. The zero-order valence-electron chi connectivity index (χ0n) is 14.2. The van der Waals surface area contributed by atoms with Gasteiger partial charge >= 0.3 is 11.9 Å². The standard InChI is InChI=1S/C19H22N2O5/c20-19(21,24)16(18(23)26-13-15-9-5-2-6-10-15)11-17(22)25-12-14-7-3-1-4-8-14/h1-10,16,24H,11-13,20-21H2. The molecule has 0 aliphatic rings. The number of carbonyl (C=O) groups excluding carboxylic acids is 2. The molecular weight excluding hydrogens is 336 g/mol. The zero-order valence-corrected chi connectivity index (χ0v) is 14.2. The molecule has 0 radical (unpaired) electrons. The van der Waals surface area contributed by atoms with Crippen LogP contribution in [0.25, 0.3) is 0 Å². The number of nitrogens with two attached hydrogens (primary N) is 2. The molecule has 2 aromatic carbocycles. The van der Waals surface area contributed by atoms with Crippen LogP contribution in [0, 0.1) is 5.92 Å². The van der Waals surface area contributed by atoms with Gasteiger partial charge in [0.15, 0.2) is 5.85 Å². The van der Waals surface area contributed by atoms with Crippen LogP contribution in [0.5, 0.6) is 0 Å². The number of esters is 2. The predicted octanol–water partition coefficient (Wildman–Crippen LogP) is 1.04. The van der Waals surface area contributed by atoms with E-state index in [1.54, 1.807) is 36.4 Å². The molecule has 5 N–H and O–H groups in total. The third-order valence-corrected chi connectivity index (χ3v) is 3.68. The van der Waals surface area contributed by atoms with Crippen molar-refractivity contribution in [3.63, 3.8) is 0 Å². The topological polar surface area (TPSA) is 125 Å². The van der Waals surface area contributed by atoms with Crippen LogP contribution in [0.4, 0.5) is 0 Å². The van der Waals surface area contributed by atoms with Crippen molar-refractivity contribution >= 4 is 11.9 Å². The maximum atomic E-state index is 12.2. The Labute approximate surface area is 151 Å². The minimum atomic E-state index is -2.40. The Morgan fingerprint density at radius 3 is 1.81 bits per heavy atom. The highest BCUT2D eigenvalue weighted by Crippen LogP contribution is 2.17. The molecule has 138 valence electrons. The molecule has 1 atom stereocenters. The monoisotopic (exact) mass is 358 g/mol. The fourth-order valence-corrected chi connectivity index (χ4v) is 2.23. The Morgan fingerprint density at radius 2 is 1.35 bits per heavy atom. The van der Waals surface area contributed by atoms with E-state index in [-0.39, 0.29) is 13.2 Å². The lowest BCUT2D eigenvalue weighted by Gasteiger charge is -2.26. The van der Waals surface area contributed by atoms with Crippen molar-refractivity contribution in [2.75, 3.05) is 0 Å². The fourth-order valence-electron chi connectivity index (χ4n) is 2.23. The highest BCUT2D eigenvalue weighted by molar-refractivity contribution is 5.80. The van der Waals surface area contributed by atoms with E-state index in [2.05, 4.69) is 0 Å². The van der Waals surface area contributed by atoms with Crippen LogP contribution in [0.3, 0.4) is 0 Å². The number of ether oxygens (including phenoxy) is 2. The maximum Gasteiger partial charge on any atom is 0.315 e. The van der Waals surface area contributed by atoms with E-state index < -0.39 is 30.1 Å². The van der Waals surface area contributed by atoms with E-state index in [1.165, 1.54) is 0 Å². The lowest BCUT2D eigenvalue weighted by atomic mass is 10.00. The summed E-state index contributed by atoms with van der Waals surface area (Å²) in [6, 6.07) is 18.0. The van der Waals surface area contributed by atoms with Gasteiger partial charge in [-0.1, -0.05) is 60.7 Å². The van der Waals surface area contributed by atoms with Crippen LogP contribution in [0.2, 0.25) is 0 Å². The van der Waals surface area contributed by atoms with Gasteiger partial charge in [-0.3, -0.25) is 21.1 Å². The van der Waals surface area contributed by atoms with Crippen LogP contribution in [0.1, 0.15) is 17.5 Å². The molecule has 0 heterocycles. The zero-order chi connectivity index (χ0) is 19.0. The van der Waals surface area contributed by atoms with Crippen molar-refractivity contribution in [1.82, 2.24) is 0 Å². The van der Waals surface area contributed by atoms with E-state index in [0.717, 1.165) is 11.1 Å². The Kier molecular flexibility index (Phi) is 6.85. The van der Waals surface area contributed by atoms with Crippen molar-refractivity contribution < 1.29 is 24.2 Å². The molecule has 0 aliphatic carbocycles. The Morgan fingerprint density at radius 1 is 0.885 bits per heavy atom. The summed E-state index contributed by atoms with van der Waals surface area (Å²) >= 11 is 0. The maximum absolute atomic E-state index is 12.2. The van der Waals surface area contributed by atoms with Gasteiger partial charge in [-0.2, -0.15) is 0 Å². The number of hydrogen-bond acceptors (Lipinski definition) is 7. The van der Waals surface area contributed by atoms with Crippen LogP contribution in [0.15, 0.2) is 60.7 Å². The van der Waals surface area contributed by atoms with E-state index in [9.17, 15) is 14.7 Å². The summed E-state index contributed by atoms with van der Waals surface area (Å²) in [5, 5.41) is 9.83. The molecule has 0 bridgehead atoms. The predicted molar refractivity (Wildman–Crippen MR) is 93.9 cm³/mol. The van der Waals surface area contributed by atoms with E-state index in [0.29, 0.717) is 0 Å². The molecule has 0 amide bonds. The van der Waals surface area contributed by atoms with E-state index in [4.69, 9.17) is 20.9 Å². The molecule has 0 aromatic heterocycles. The highest BCUT2D eigenvalue weighted by atomic mass is 16.5. The first-order valence-corrected chi connectivity index (χ1v) is 8.06. The summed E-state index contributed by atoms with van der Waals surface area (Å²) < 4.78 is 10.2. The number of carbonyl (C=O) groups is 2. The van der Waals surface area contributed by atoms with Gasteiger partial charge in [-0.05, 0) is 11.1 Å². The molecule has 26 heavy (non-hydrogen) atoms. The minimum absolute atomic E-state index is 0.0225. The molecule has 7 heteroatoms. The fraction of sp³-hybridized carbons (Fsp3) is 0.263. The van der Waals surface area contributed by atoms with Crippen molar-refractivity contribution in [1.29, 1.82) is 0 Å². The third kappa shape index (κ3) is 6.29. The molecule has 0 spiro atoms. The molecule has 7 nitrogen and oxygen atoms in total. The van der Waals surface area contributed by atoms with E-state index in [1.807, 2.05) is 24.3 Å². The van der Waals surface area contributed by atoms with Gasteiger partial charge in [0.05, 0.1) is 6.42 Å². The summed E-state index contributed by atoms with van der Waals surface area (Å²) in [4.78, 5) is 24.2. The normalized spacial score (nSPS) is 12.3. The summed E-state index contributed by atoms with van der Waals surface area (Å²) in [6.07, 6.45) is -0.496. The first kappa shape index (κ1) is 19.6. The van der Waals surface area contributed by atoms with Gasteiger partial charge in [-0.25, -0.2) is 0 Å². The summed E-state index contributed by atoms with van der Waals surface area (Å²) in [5.41, 5.74) is 12.4. The van der Waals surface area contributed by atoms with Crippen molar-refractivity contribution in [3.05, 3.63) is 71.8 Å². The molecule has 2 aromatic rings. The first-order valence-electron chi connectivity index (χ1n) is 8.06. The van der Waals surface area contributed by atoms with E-state index >= 15 is 0 Å². The summed E-state index contributed by atoms with van der Waals surface area (Å²) in [5.74, 6) is -5.45. The van der Waals surface area contributed by atoms with Crippen LogP contribution < -0.4 is 11.5 Å². The first-order chi connectivity index (χ1) is 12.4. The number of benzene rings is 2. The molecule has 0 saturated carbocycles. The Balaban J connectivity index is 1.91. The molecule has 2 rings (SSSR count). The van der Waals surface area contributed by atoms with Crippen molar-refractivity contribution in [3.8, 4) is 0 Å². The quantitative estimate of drug-likeness (QED) is 0.475. The van der Waals surface area contributed by atoms with Crippen LogP contribution in [-0.4, -0.2) is 22.9 Å². The highest BCUT2D eigenvalue weighted by Gasteiger charge is 2.38. The Bertz CT molecular complexity index is 714. The molecule has 1 unspecified atom stereocenters. The lowest BCUT2D eigenvalue weighted by Crippen LogP contribution is -2.58. The second-order valence-electron chi connectivity index (χ2n) is 5.88. The second kappa shape index (κ2) is 9.10. The average Bonchev–Trinajstić information content (AvgIpc) is 2.63. The molecule has 0 aliphatic heterocycles. The SMILES string of the molecule is NC(N)(O)C(CC(=O)OCc1ccccc1)C(=O)OCc1ccccc1. The second-order valence-corrected chi connectivity index (χ2v) is 5.88. The van der Waals surface area contributed by atoms with Crippen molar-refractivity contribution in [2.45, 2.75) is 25.5 Å². The number of aliphatic hydroxyl groups is 1. The summed E-state index contributed by atoms with van der Waals surface area (Å²) in [7, 11) is 0. The van der Waals surface area contributed by atoms with Gasteiger partial charge in [0.25, 0.3) is 0 Å². The number of rotatable bonds is 8. The van der Waals surface area contributed by atoms with Gasteiger partial charge in [0.2, 0.25) is 0 Å². The molecule has 0 fully saturated rings. The Hall–Kier alpha value is -2.74. The van der Waals surface area contributed by atoms with Crippen LogP contribution >= 0.6 is 0 Å². The minimum Gasteiger partial charge on any atom is -0.461 e. The average molecular weight is 358 g/mol.